The molecule has 0 atom stereocenters. The molecular formula is C17H16ClN3O. The molecule has 0 unspecified atom stereocenters. The van der Waals surface area contributed by atoms with E-state index < -0.39 is 0 Å². The van der Waals surface area contributed by atoms with E-state index in [0.717, 1.165) is 22.2 Å². The van der Waals surface area contributed by atoms with E-state index in [-0.39, 0.29) is 5.91 Å². The lowest BCUT2D eigenvalue weighted by molar-refractivity contribution is -0.115. The van der Waals surface area contributed by atoms with Crippen molar-refractivity contribution in [3.8, 4) is 0 Å². The lowest BCUT2D eigenvalue weighted by Gasteiger charge is -2.06. The van der Waals surface area contributed by atoms with Crippen molar-refractivity contribution in [3.63, 3.8) is 0 Å². The maximum atomic E-state index is 12.2. The topological polar surface area (TPSA) is 46.9 Å². The van der Waals surface area contributed by atoms with Gasteiger partial charge in [-0.1, -0.05) is 41.4 Å². The molecule has 0 saturated carbocycles. The molecule has 0 aliphatic rings. The van der Waals surface area contributed by atoms with Gasteiger partial charge in [0.05, 0.1) is 17.5 Å². The molecule has 22 heavy (non-hydrogen) atoms. The highest BCUT2D eigenvalue weighted by atomic mass is 35.5. The minimum absolute atomic E-state index is 0.0879. The van der Waals surface area contributed by atoms with E-state index in [1.807, 2.05) is 54.9 Å². The number of hydrogen-bond acceptors (Lipinski definition) is 2. The van der Waals surface area contributed by atoms with Crippen molar-refractivity contribution in [1.82, 2.24) is 9.55 Å². The SMILES string of the molecule is Cc1cccc(CC(=O)Nc2nc3cc(Cl)ccc3n2C)c1. The van der Waals surface area contributed by atoms with Gasteiger partial charge in [-0.15, -0.1) is 0 Å². The number of nitrogens with zero attached hydrogens (tertiary/aromatic N) is 2. The fourth-order valence-electron chi connectivity index (χ4n) is 2.46. The monoisotopic (exact) mass is 313 g/mol. The standard InChI is InChI=1S/C17H16ClN3O/c1-11-4-3-5-12(8-11)9-16(22)20-17-19-14-10-13(18)6-7-15(14)21(17)2/h3-8,10H,9H2,1-2H3,(H,19,20,22). The summed E-state index contributed by atoms with van der Waals surface area (Å²) in [6, 6.07) is 13.4. The van der Waals surface area contributed by atoms with Gasteiger partial charge in [0.1, 0.15) is 0 Å². The molecule has 112 valence electrons. The smallest absolute Gasteiger partial charge is 0.231 e. The minimum Gasteiger partial charge on any atom is -0.313 e. The first-order valence-electron chi connectivity index (χ1n) is 7.00. The van der Waals surface area contributed by atoms with Crippen LogP contribution in [0.15, 0.2) is 42.5 Å². The maximum Gasteiger partial charge on any atom is 0.231 e. The summed E-state index contributed by atoms with van der Waals surface area (Å²) in [4.78, 5) is 16.6. The van der Waals surface area contributed by atoms with E-state index in [2.05, 4.69) is 10.3 Å². The van der Waals surface area contributed by atoms with Crippen molar-refractivity contribution in [2.45, 2.75) is 13.3 Å². The Morgan fingerprint density at radius 3 is 2.86 bits per heavy atom. The Balaban J connectivity index is 1.80. The first-order valence-corrected chi connectivity index (χ1v) is 7.38. The van der Waals surface area contributed by atoms with E-state index in [9.17, 15) is 4.79 Å². The molecule has 5 heteroatoms. The van der Waals surface area contributed by atoms with E-state index in [1.165, 1.54) is 0 Å². The lowest BCUT2D eigenvalue weighted by Crippen LogP contribution is -2.17. The van der Waals surface area contributed by atoms with Crippen LogP contribution in [-0.4, -0.2) is 15.5 Å². The van der Waals surface area contributed by atoms with E-state index in [4.69, 9.17) is 11.6 Å². The van der Waals surface area contributed by atoms with Crippen molar-refractivity contribution < 1.29 is 4.79 Å². The van der Waals surface area contributed by atoms with Crippen LogP contribution in [0.3, 0.4) is 0 Å². The van der Waals surface area contributed by atoms with Crippen LogP contribution in [0.1, 0.15) is 11.1 Å². The summed E-state index contributed by atoms with van der Waals surface area (Å²) in [6.45, 7) is 2.01. The Labute approximate surface area is 133 Å². The van der Waals surface area contributed by atoms with Crippen LogP contribution >= 0.6 is 11.6 Å². The first kappa shape index (κ1) is 14.6. The van der Waals surface area contributed by atoms with Crippen LogP contribution in [0.5, 0.6) is 0 Å². The van der Waals surface area contributed by atoms with Gasteiger partial charge >= 0.3 is 0 Å². The second kappa shape index (κ2) is 5.81. The molecule has 1 heterocycles. The molecule has 0 aliphatic heterocycles. The molecule has 1 amide bonds. The fourth-order valence-corrected chi connectivity index (χ4v) is 2.63. The third-order valence-electron chi connectivity index (χ3n) is 3.54. The van der Waals surface area contributed by atoms with Gasteiger partial charge in [0, 0.05) is 12.1 Å². The van der Waals surface area contributed by atoms with Crippen molar-refractivity contribution in [2.24, 2.45) is 7.05 Å². The molecule has 0 saturated heterocycles. The van der Waals surface area contributed by atoms with E-state index >= 15 is 0 Å². The molecule has 0 fully saturated rings. The number of rotatable bonds is 3. The number of imidazole rings is 1. The predicted molar refractivity (Wildman–Crippen MR) is 89.2 cm³/mol. The number of fused-ring (bicyclic) bond motifs is 1. The van der Waals surface area contributed by atoms with Gasteiger partial charge in [-0.05, 0) is 30.7 Å². The summed E-state index contributed by atoms with van der Waals surface area (Å²) >= 11 is 5.97. The Kier molecular flexibility index (Phi) is 3.86. The van der Waals surface area contributed by atoms with Crippen LogP contribution in [0.2, 0.25) is 5.02 Å². The van der Waals surface area contributed by atoms with Gasteiger partial charge in [-0.2, -0.15) is 0 Å². The molecule has 1 aromatic heterocycles. The van der Waals surface area contributed by atoms with Crippen molar-refractivity contribution in [1.29, 1.82) is 0 Å². The minimum atomic E-state index is -0.0879. The highest BCUT2D eigenvalue weighted by Crippen LogP contribution is 2.22. The van der Waals surface area contributed by atoms with Crippen LogP contribution in [0, 0.1) is 6.92 Å². The summed E-state index contributed by atoms with van der Waals surface area (Å²) < 4.78 is 1.85. The number of aryl methyl sites for hydroxylation is 2. The van der Waals surface area contributed by atoms with Gasteiger partial charge < -0.3 is 4.57 Å². The van der Waals surface area contributed by atoms with E-state index in [0.29, 0.717) is 17.4 Å². The summed E-state index contributed by atoms with van der Waals surface area (Å²) in [6.07, 6.45) is 0.325. The number of amides is 1. The molecule has 1 N–H and O–H groups in total. The largest absolute Gasteiger partial charge is 0.313 e. The number of benzene rings is 2. The molecule has 3 aromatic rings. The maximum absolute atomic E-state index is 12.2. The third kappa shape index (κ3) is 2.97. The highest BCUT2D eigenvalue weighted by Gasteiger charge is 2.11. The summed E-state index contributed by atoms with van der Waals surface area (Å²) in [5, 5.41) is 3.48. The predicted octanol–water partition coefficient (Wildman–Crippen LogP) is 3.72. The van der Waals surface area contributed by atoms with Gasteiger partial charge in [0.25, 0.3) is 0 Å². The van der Waals surface area contributed by atoms with Gasteiger partial charge in [-0.3, -0.25) is 10.1 Å². The zero-order valence-corrected chi connectivity index (χ0v) is 13.2. The summed E-state index contributed by atoms with van der Waals surface area (Å²) in [5.41, 5.74) is 3.82. The summed E-state index contributed by atoms with van der Waals surface area (Å²) in [7, 11) is 1.87. The highest BCUT2D eigenvalue weighted by molar-refractivity contribution is 6.31. The number of hydrogen-bond donors (Lipinski definition) is 1. The normalized spacial score (nSPS) is 10.9. The Morgan fingerprint density at radius 1 is 1.27 bits per heavy atom. The molecule has 3 rings (SSSR count). The molecule has 2 aromatic carbocycles. The quantitative estimate of drug-likeness (QED) is 0.801. The molecular weight excluding hydrogens is 298 g/mol. The Bertz CT molecular complexity index is 854. The Morgan fingerprint density at radius 2 is 2.09 bits per heavy atom. The van der Waals surface area contributed by atoms with Crippen LogP contribution < -0.4 is 5.32 Å². The number of carbonyl (C=O) groups is 1. The number of aromatic nitrogens is 2. The lowest BCUT2D eigenvalue weighted by atomic mass is 10.1. The average Bonchev–Trinajstić information content (AvgIpc) is 2.74. The summed E-state index contributed by atoms with van der Waals surface area (Å²) in [5.74, 6) is 0.435. The van der Waals surface area contributed by atoms with Crippen LogP contribution in [0.4, 0.5) is 5.95 Å². The second-order valence-corrected chi connectivity index (χ2v) is 5.78. The fraction of sp³-hybridized carbons (Fsp3) is 0.176. The van der Waals surface area contributed by atoms with E-state index in [1.54, 1.807) is 6.07 Å². The van der Waals surface area contributed by atoms with Crippen LogP contribution in [0.25, 0.3) is 11.0 Å². The second-order valence-electron chi connectivity index (χ2n) is 5.34. The molecule has 0 radical (unpaired) electrons. The number of nitrogens with one attached hydrogen (secondary N) is 1. The number of anilines is 1. The van der Waals surface area contributed by atoms with Gasteiger partial charge in [0.2, 0.25) is 11.9 Å². The average molecular weight is 314 g/mol. The van der Waals surface area contributed by atoms with Crippen molar-refractivity contribution in [3.05, 3.63) is 58.6 Å². The molecule has 0 spiro atoms. The van der Waals surface area contributed by atoms with Gasteiger partial charge in [0.15, 0.2) is 0 Å². The number of carbonyl (C=O) groups excluding carboxylic acids is 1. The van der Waals surface area contributed by atoms with Crippen LogP contribution in [-0.2, 0) is 18.3 Å². The third-order valence-corrected chi connectivity index (χ3v) is 3.78. The zero-order chi connectivity index (χ0) is 15.7. The number of halogens is 1. The van der Waals surface area contributed by atoms with Crippen molar-refractivity contribution >= 4 is 34.5 Å². The molecule has 0 aliphatic carbocycles. The first-order chi connectivity index (χ1) is 10.5. The molecule has 0 bridgehead atoms. The van der Waals surface area contributed by atoms with Gasteiger partial charge in [-0.25, -0.2) is 4.98 Å². The Hall–Kier alpha value is -2.33. The molecule has 4 nitrogen and oxygen atoms in total. The van der Waals surface area contributed by atoms with Crippen molar-refractivity contribution in [2.75, 3.05) is 5.32 Å². The zero-order valence-electron chi connectivity index (χ0n) is 12.4.